The summed E-state index contributed by atoms with van der Waals surface area (Å²) in [5.41, 5.74) is 1.61. The molecule has 6 nitrogen and oxygen atoms in total. The zero-order chi connectivity index (χ0) is 16.8. The first-order chi connectivity index (χ1) is 11.6. The third kappa shape index (κ3) is 2.41. The fourth-order valence-electron chi connectivity index (χ4n) is 3.03. The number of thioether (sulfide) groups is 1. The second-order valence-corrected chi connectivity index (χ2v) is 7.03. The number of carbonyl (C=O) groups excluding carboxylic acids is 1. The number of benzene rings is 1. The van der Waals surface area contributed by atoms with E-state index in [1.807, 2.05) is 0 Å². The molecule has 1 aromatic carbocycles. The van der Waals surface area contributed by atoms with Crippen LogP contribution in [0.3, 0.4) is 0 Å². The van der Waals surface area contributed by atoms with Crippen molar-refractivity contribution < 1.29 is 28.2 Å². The minimum atomic E-state index is -0.611. The Bertz CT molecular complexity index is 801. The van der Waals surface area contributed by atoms with E-state index < -0.39 is 12.1 Å². The number of amides is 1. The fraction of sp³-hybridized carbons (Fsp3) is 0.438. The lowest BCUT2D eigenvalue weighted by Gasteiger charge is -2.16. The summed E-state index contributed by atoms with van der Waals surface area (Å²) >= 11 is 1.07. The highest BCUT2D eigenvalue weighted by Gasteiger charge is 2.34. The molecule has 1 aromatic heterocycles. The number of halogens is 1. The second-order valence-electron chi connectivity index (χ2n) is 5.77. The molecule has 2 fully saturated rings. The average Bonchev–Trinajstić information content (AvgIpc) is 3.29. The van der Waals surface area contributed by atoms with Crippen LogP contribution < -0.4 is 4.90 Å². The first kappa shape index (κ1) is 15.9. The van der Waals surface area contributed by atoms with E-state index in [0.29, 0.717) is 42.0 Å². The molecule has 2 aromatic rings. The highest BCUT2D eigenvalue weighted by molar-refractivity contribution is 8.14. The van der Waals surface area contributed by atoms with E-state index in [4.69, 9.17) is 13.9 Å². The quantitative estimate of drug-likeness (QED) is 0.915. The molecule has 8 heteroatoms. The van der Waals surface area contributed by atoms with Gasteiger partial charge in [-0.25, -0.2) is 4.39 Å². The molecule has 2 saturated heterocycles. The van der Waals surface area contributed by atoms with Crippen molar-refractivity contribution in [3.63, 3.8) is 0 Å². The number of hydrogen-bond donors (Lipinski definition) is 1. The standard InChI is InChI=1S/C16H16FNO5S/c1-8-10(15-21-2-3-22-15)4-11-12(7-23-14(11)13(8)17)18-5-9(6-19)24-16(18)20/h4,7,9,15,19H,2-3,5-6H2,1H3/t9-/m1/s1. The zero-order valence-corrected chi connectivity index (χ0v) is 13.8. The van der Waals surface area contributed by atoms with Gasteiger partial charge in [0.05, 0.1) is 30.8 Å². The lowest BCUT2D eigenvalue weighted by Crippen LogP contribution is -2.25. The van der Waals surface area contributed by atoms with Gasteiger partial charge in [-0.1, -0.05) is 11.8 Å². The van der Waals surface area contributed by atoms with Gasteiger partial charge in [0.15, 0.2) is 17.7 Å². The Kier molecular flexibility index (Phi) is 4.00. The molecule has 2 aliphatic rings. The molecule has 24 heavy (non-hydrogen) atoms. The van der Waals surface area contributed by atoms with Crippen LogP contribution in [-0.4, -0.2) is 42.0 Å². The van der Waals surface area contributed by atoms with Crippen LogP contribution in [0.2, 0.25) is 0 Å². The minimum Gasteiger partial charge on any atom is -0.459 e. The predicted octanol–water partition coefficient (Wildman–Crippen LogP) is 2.96. The van der Waals surface area contributed by atoms with Gasteiger partial charge in [0, 0.05) is 17.5 Å². The Hall–Kier alpha value is -1.61. The first-order valence-electron chi connectivity index (χ1n) is 7.62. The number of aliphatic hydroxyl groups excluding tert-OH is 1. The monoisotopic (exact) mass is 353 g/mol. The third-order valence-electron chi connectivity index (χ3n) is 4.31. The molecular weight excluding hydrogens is 337 g/mol. The average molecular weight is 353 g/mol. The van der Waals surface area contributed by atoms with Crippen molar-refractivity contribution >= 4 is 33.7 Å². The molecule has 3 heterocycles. The molecular formula is C16H16FNO5S. The van der Waals surface area contributed by atoms with Crippen LogP contribution in [0.25, 0.3) is 11.0 Å². The summed E-state index contributed by atoms with van der Waals surface area (Å²) in [7, 11) is 0. The van der Waals surface area contributed by atoms with Crippen molar-refractivity contribution in [1.29, 1.82) is 0 Å². The number of fused-ring (bicyclic) bond motifs is 1. The Labute approximate surface area is 141 Å². The highest BCUT2D eigenvalue weighted by Crippen LogP contribution is 2.40. The van der Waals surface area contributed by atoms with Crippen LogP contribution in [0.1, 0.15) is 17.4 Å². The molecule has 2 aliphatic heterocycles. The molecule has 0 radical (unpaired) electrons. The van der Waals surface area contributed by atoms with Crippen molar-refractivity contribution in [3.8, 4) is 0 Å². The summed E-state index contributed by atoms with van der Waals surface area (Å²) in [4.78, 5) is 13.7. The predicted molar refractivity (Wildman–Crippen MR) is 86.8 cm³/mol. The van der Waals surface area contributed by atoms with Crippen molar-refractivity contribution in [2.24, 2.45) is 0 Å². The number of ether oxygens (including phenoxy) is 2. The molecule has 1 N–H and O–H groups in total. The fourth-order valence-corrected chi connectivity index (χ4v) is 3.92. The number of rotatable bonds is 3. The zero-order valence-electron chi connectivity index (χ0n) is 13.0. The summed E-state index contributed by atoms with van der Waals surface area (Å²) < 4.78 is 31.1. The maximum atomic E-state index is 14.7. The third-order valence-corrected chi connectivity index (χ3v) is 5.37. The Morgan fingerprint density at radius 1 is 1.42 bits per heavy atom. The largest absolute Gasteiger partial charge is 0.459 e. The van der Waals surface area contributed by atoms with Gasteiger partial charge in [-0.3, -0.25) is 9.69 Å². The number of hydrogen-bond acceptors (Lipinski definition) is 6. The number of anilines is 1. The normalized spacial score (nSPS) is 22.2. The van der Waals surface area contributed by atoms with Crippen molar-refractivity contribution in [3.05, 3.63) is 29.3 Å². The number of carbonyl (C=O) groups is 1. The minimum absolute atomic E-state index is 0.0921. The smallest absolute Gasteiger partial charge is 0.286 e. The van der Waals surface area contributed by atoms with E-state index in [0.717, 1.165) is 11.8 Å². The lowest BCUT2D eigenvalue weighted by atomic mass is 10.0. The Balaban J connectivity index is 1.82. The van der Waals surface area contributed by atoms with E-state index >= 15 is 0 Å². The van der Waals surface area contributed by atoms with Crippen LogP contribution in [0.4, 0.5) is 14.9 Å². The molecule has 0 bridgehead atoms. The number of furan rings is 1. The van der Waals surface area contributed by atoms with Gasteiger partial charge in [-0.15, -0.1) is 0 Å². The van der Waals surface area contributed by atoms with Crippen molar-refractivity contribution in [1.82, 2.24) is 0 Å². The lowest BCUT2D eigenvalue weighted by molar-refractivity contribution is -0.0446. The van der Waals surface area contributed by atoms with Gasteiger partial charge < -0.3 is 19.0 Å². The molecule has 0 aliphatic carbocycles. The Morgan fingerprint density at radius 2 is 2.17 bits per heavy atom. The number of nitrogens with zero attached hydrogens (tertiary/aromatic N) is 1. The molecule has 0 saturated carbocycles. The van der Waals surface area contributed by atoms with Gasteiger partial charge in [0.1, 0.15) is 6.26 Å². The molecule has 0 unspecified atom stereocenters. The SMILES string of the molecule is Cc1c(C2OCCO2)cc2c(N3C[C@H](CO)SC3=O)coc2c1F. The Morgan fingerprint density at radius 3 is 2.83 bits per heavy atom. The van der Waals surface area contributed by atoms with Gasteiger partial charge in [0.2, 0.25) is 0 Å². The van der Waals surface area contributed by atoms with E-state index in [9.17, 15) is 14.3 Å². The van der Waals surface area contributed by atoms with E-state index in [-0.39, 0.29) is 22.7 Å². The van der Waals surface area contributed by atoms with E-state index in [2.05, 4.69) is 0 Å². The van der Waals surface area contributed by atoms with E-state index in [1.54, 1.807) is 13.0 Å². The van der Waals surface area contributed by atoms with E-state index in [1.165, 1.54) is 11.2 Å². The molecule has 0 spiro atoms. The van der Waals surface area contributed by atoms with Gasteiger partial charge in [0.25, 0.3) is 5.24 Å². The van der Waals surface area contributed by atoms with Gasteiger partial charge >= 0.3 is 0 Å². The van der Waals surface area contributed by atoms with Crippen LogP contribution in [0.5, 0.6) is 0 Å². The summed E-state index contributed by atoms with van der Waals surface area (Å²) in [5, 5.41) is 9.38. The summed E-state index contributed by atoms with van der Waals surface area (Å²) in [6, 6.07) is 1.76. The van der Waals surface area contributed by atoms with Crippen molar-refractivity contribution in [2.45, 2.75) is 18.5 Å². The molecule has 4 rings (SSSR count). The molecule has 1 atom stereocenters. The van der Waals surface area contributed by atoms with Crippen LogP contribution >= 0.6 is 11.8 Å². The molecule has 128 valence electrons. The second kappa shape index (κ2) is 6.03. The van der Waals surface area contributed by atoms with Crippen LogP contribution in [0, 0.1) is 12.7 Å². The highest BCUT2D eigenvalue weighted by atomic mass is 32.2. The summed E-state index contributed by atoms with van der Waals surface area (Å²) in [5.74, 6) is -0.481. The topological polar surface area (TPSA) is 72.1 Å². The van der Waals surface area contributed by atoms with Crippen LogP contribution in [-0.2, 0) is 9.47 Å². The maximum absolute atomic E-state index is 14.7. The summed E-state index contributed by atoms with van der Waals surface area (Å²) in [6.07, 6.45) is 0.770. The van der Waals surface area contributed by atoms with Crippen LogP contribution in [0.15, 0.2) is 16.7 Å². The summed E-state index contributed by atoms with van der Waals surface area (Å²) in [6.45, 7) is 2.83. The van der Waals surface area contributed by atoms with Crippen molar-refractivity contribution in [2.75, 3.05) is 31.3 Å². The van der Waals surface area contributed by atoms with Gasteiger partial charge in [-0.2, -0.15) is 0 Å². The molecule has 1 amide bonds. The first-order valence-corrected chi connectivity index (χ1v) is 8.50. The maximum Gasteiger partial charge on any atom is 0.286 e. The van der Waals surface area contributed by atoms with Gasteiger partial charge in [-0.05, 0) is 18.6 Å². The number of aliphatic hydroxyl groups is 1.